The van der Waals surface area contributed by atoms with E-state index < -0.39 is 17.6 Å². The fourth-order valence-electron chi connectivity index (χ4n) is 3.35. The lowest BCUT2D eigenvalue weighted by Gasteiger charge is -2.28. The monoisotopic (exact) mass is 451 g/mol. The predicted octanol–water partition coefficient (Wildman–Crippen LogP) is 3.28. The number of alkyl halides is 3. The largest absolute Gasteiger partial charge is 0.419 e. The quantitative estimate of drug-likeness (QED) is 0.485. The van der Waals surface area contributed by atoms with Gasteiger partial charge in [0.15, 0.2) is 11.9 Å². The molecule has 1 aliphatic rings. The summed E-state index contributed by atoms with van der Waals surface area (Å²) in [5.74, 6) is -0.912. The number of anilines is 1. The molecule has 0 aliphatic carbocycles. The fraction of sp³-hybridized carbons (Fsp3) is 0.333. The first kappa shape index (κ1) is 23.3. The molecular weight excluding hydrogens is 430 g/mol. The topological polar surface area (TPSA) is 79.6 Å². The molecule has 4 rings (SSSR count). The van der Waals surface area contributed by atoms with Crippen molar-refractivity contribution >= 4 is 23.4 Å². The lowest BCUT2D eigenvalue weighted by molar-refractivity contribution is -0.140. The molecule has 32 heavy (non-hydrogen) atoms. The number of carbonyl (C=O) groups is 2. The summed E-state index contributed by atoms with van der Waals surface area (Å²) in [6.45, 7) is 1.42. The molecule has 0 saturated carbocycles. The number of carbonyl (C=O) groups excluding carboxylic acids is 2. The summed E-state index contributed by atoms with van der Waals surface area (Å²) in [4.78, 5) is 28.5. The van der Waals surface area contributed by atoms with Crippen molar-refractivity contribution in [2.45, 2.75) is 25.6 Å². The van der Waals surface area contributed by atoms with Gasteiger partial charge in [-0.25, -0.2) is 13.9 Å². The molecule has 11 heteroatoms. The lowest BCUT2D eigenvalue weighted by Crippen LogP contribution is -2.34. The molecule has 0 radical (unpaired) electrons. The third-order valence-electron chi connectivity index (χ3n) is 4.93. The minimum absolute atomic E-state index is 0.0160. The fourth-order valence-corrected chi connectivity index (χ4v) is 3.35. The van der Waals surface area contributed by atoms with Crippen LogP contribution < -0.4 is 10.2 Å². The number of benzene rings is 1. The van der Waals surface area contributed by atoms with E-state index in [1.807, 2.05) is 0 Å². The molecule has 1 fully saturated rings. The Balaban J connectivity index is 0.000000188. The second-order valence-corrected chi connectivity index (χ2v) is 7.14. The zero-order valence-electron chi connectivity index (χ0n) is 17.2. The first-order chi connectivity index (χ1) is 15.2. The Morgan fingerprint density at radius 2 is 1.94 bits per heavy atom. The maximum Gasteiger partial charge on any atom is 0.419 e. The van der Waals surface area contributed by atoms with Crippen LogP contribution in [0.15, 0.2) is 36.8 Å². The van der Waals surface area contributed by atoms with Crippen LogP contribution in [0.2, 0.25) is 0 Å². The number of halogens is 4. The number of fused-ring (bicyclic) bond motifs is 1. The summed E-state index contributed by atoms with van der Waals surface area (Å²) in [6.07, 6.45) is 0.362. The molecule has 0 unspecified atom stereocenters. The second kappa shape index (κ2) is 9.86. The summed E-state index contributed by atoms with van der Waals surface area (Å²) in [7, 11) is 1.54. The van der Waals surface area contributed by atoms with Crippen LogP contribution in [-0.2, 0) is 17.5 Å². The standard InChI is InChI=1S/C12H12N4O2.C9H9F4N/c17-7-9-5-11(12-13-8-14-16(12)6-9)15-3-1-10(18)2-4-15;1-14-5-6-3-2-4-7(8(6)10)9(11,12)13/h5-8H,1-4H2;2-4,14H,5H2,1H3. The summed E-state index contributed by atoms with van der Waals surface area (Å²) in [6, 6.07) is 5.04. The van der Waals surface area contributed by atoms with Crippen LogP contribution in [-0.4, -0.2) is 46.8 Å². The van der Waals surface area contributed by atoms with Crippen LogP contribution in [0, 0.1) is 5.82 Å². The molecule has 1 saturated heterocycles. The minimum Gasteiger partial charge on any atom is -0.368 e. The van der Waals surface area contributed by atoms with Gasteiger partial charge in [-0.05, 0) is 19.2 Å². The third-order valence-corrected chi connectivity index (χ3v) is 4.93. The number of piperidine rings is 1. The number of nitrogens with one attached hydrogen (secondary N) is 1. The Labute approximate surface area is 181 Å². The van der Waals surface area contributed by atoms with Gasteiger partial charge >= 0.3 is 6.18 Å². The van der Waals surface area contributed by atoms with Crippen molar-refractivity contribution in [2.75, 3.05) is 25.0 Å². The van der Waals surface area contributed by atoms with E-state index in [2.05, 4.69) is 20.3 Å². The van der Waals surface area contributed by atoms with Crippen molar-refractivity contribution in [3.05, 3.63) is 59.3 Å². The predicted molar refractivity (Wildman–Crippen MR) is 109 cm³/mol. The number of nitrogens with zero attached hydrogens (tertiary/aromatic N) is 4. The van der Waals surface area contributed by atoms with E-state index in [0.29, 0.717) is 31.5 Å². The number of Topliss-reactive ketones (excluding diaryl/α,β-unsaturated/α-hetero) is 1. The normalized spacial score (nSPS) is 14.3. The molecular formula is C21H21F4N5O2. The van der Waals surface area contributed by atoms with Crippen molar-refractivity contribution in [3.8, 4) is 0 Å². The molecule has 0 amide bonds. The lowest BCUT2D eigenvalue weighted by atomic mass is 10.1. The van der Waals surface area contributed by atoms with Gasteiger partial charge < -0.3 is 10.2 Å². The molecule has 1 N–H and O–H groups in total. The molecule has 2 aromatic heterocycles. The first-order valence-electron chi connectivity index (χ1n) is 9.79. The number of hydrogen-bond acceptors (Lipinski definition) is 6. The molecule has 0 bridgehead atoms. The van der Waals surface area contributed by atoms with E-state index in [4.69, 9.17) is 0 Å². The highest BCUT2D eigenvalue weighted by Gasteiger charge is 2.34. The summed E-state index contributed by atoms with van der Waals surface area (Å²) in [5.41, 5.74) is 0.937. The van der Waals surface area contributed by atoms with Gasteiger partial charge in [-0.1, -0.05) is 12.1 Å². The van der Waals surface area contributed by atoms with Crippen molar-refractivity contribution in [3.63, 3.8) is 0 Å². The molecule has 3 aromatic rings. The van der Waals surface area contributed by atoms with Gasteiger partial charge in [-0.3, -0.25) is 9.59 Å². The van der Waals surface area contributed by atoms with Crippen LogP contribution in [0.3, 0.4) is 0 Å². The number of ketones is 1. The van der Waals surface area contributed by atoms with E-state index in [9.17, 15) is 27.2 Å². The van der Waals surface area contributed by atoms with Crippen LogP contribution in [0.25, 0.3) is 5.65 Å². The summed E-state index contributed by atoms with van der Waals surface area (Å²) < 4.78 is 51.4. The maximum absolute atomic E-state index is 13.2. The van der Waals surface area contributed by atoms with E-state index in [0.717, 1.165) is 23.7 Å². The van der Waals surface area contributed by atoms with Gasteiger partial charge in [-0.15, -0.1) is 0 Å². The van der Waals surface area contributed by atoms with Crippen LogP contribution in [0.4, 0.5) is 23.2 Å². The Morgan fingerprint density at radius 1 is 1.22 bits per heavy atom. The van der Waals surface area contributed by atoms with Gasteiger partial charge in [0, 0.05) is 49.8 Å². The number of hydrogen-bond donors (Lipinski definition) is 1. The van der Waals surface area contributed by atoms with Crippen LogP contribution in [0.5, 0.6) is 0 Å². The highest BCUT2D eigenvalue weighted by molar-refractivity contribution is 5.84. The molecule has 0 atom stereocenters. The van der Waals surface area contributed by atoms with Gasteiger partial charge in [-0.2, -0.15) is 18.3 Å². The number of rotatable bonds is 4. The smallest absolute Gasteiger partial charge is 0.368 e. The van der Waals surface area contributed by atoms with Gasteiger partial charge in [0.05, 0.1) is 11.3 Å². The number of aromatic nitrogens is 3. The number of aldehydes is 1. The highest BCUT2D eigenvalue weighted by atomic mass is 19.4. The summed E-state index contributed by atoms with van der Waals surface area (Å²) in [5, 5.41) is 6.65. The SMILES string of the molecule is CNCc1cccc(C(F)(F)F)c1F.O=Cc1cc(N2CCC(=O)CC2)c2ncnn2c1. The minimum atomic E-state index is -4.63. The van der Waals surface area contributed by atoms with Crippen LogP contribution >= 0.6 is 0 Å². The van der Waals surface area contributed by atoms with Crippen molar-refractivity contribution in [1.29, 1.82) is 0 Å². The Hall–Kier alpha value is -3.34. The molecule has 170 valence electrons. The average Bonchev–Trinajstić information content (AvgIpc) is 3.23. The summed E-state index contributed by atoms with van der Waals surface area (Å²) >= 11 is 0. The molecule has 3 heterocycles. The van der Waals surface area contributed by atoms with E-state index >= 15 is 0 Å². The zero-order chi connectivity index (χ0) is 23.3. The zero-order valence-corrected chi connectivity index (χ0v) is 17.2. The van der Waals surface area contributed by atoms with Gasteiger partial charge in [0.25, 0.3) is 0 Å². The maximum atomic E-state index is 13.2. The Kier molecular flexibility index (Phi) is 7.18. The van der Waals surface area contributed by atoms with E-state index in [1.165, 1.54) is 18.5 Å². The Morgan fingerprint density at radius 3 is 2.56 bits per heavy atom. The van der Waals surface area contributed by atoms with E-state index in [1.54, 1.807) is 23.8 Å². The van der Waals surface area contributed by atoms with Crippen LogP contribution in [0.1, 0.15) is 34.3 Å². The molecule has 1 aromatic carbocycles. The average molecular weight is 451 g/mol. The van der Waals surface area contributed by atoms with Gasteiger partial charge in [0.1, 0.15) is 17.9 Å². The molecule has 7 nitrogen and oxygen atoms in total. The Bertz CT molecular complexity index is 1100. The molecule has 0 spiro atoms. The van der Waals surface area contributed by atoms with Crippen molar-refractivity contribution < 1.29 is 27.2 Å². The van der Waals surface area contributed by atoms with E-state index in [-0.39, 0.29) is 17.9 Å². The van der Waals surface area contributed by atoms with Crippen molar-refractivity contribution in [1.82, 2.24) is 19.9 Å². The first-order valence-corrected chi connectivity index (χ1v) is 9.79. The van der Waals surface area contributed by atoms with Gasteiger partial charge in [0.2, 0.25) is 0 Å². The van der Waals surface area contributed by atoms with Crippen molar-refractivity contribution in [2.24, 2.45) is 0 Å². The number of pyridine rings is 1. The third kappa shape index (κ3) is 5.28. The molecule has 1 aliphatic heterocycles. The highest BCUT2D eigenvalue weighted by Crippen LogP contribution is 2.32. The second-order valence-electron chi connectivity index (χ2n) is 7.14.